The normalized spacial score (nSPS) is 11.1. The molecule has 0 saturated heterocycles. The molecule has 0 N–H and O–H groups in total. The number of rotatable bonds is 12. The zero-order valence-corrected chi connectivity index (χ0v) is 15.5. The van der Waals surface area contributed by atoms with E-state index in [9.17, 15) is 0 Å². The number of ether oxygens (including phenoxy) is 1. The number of unbranched alkanes of at least 4 members (excludes halogenated alkanes) is 7. The molecule has 0 aliphatic heterocycles. The number of pyridine rings is 1. The van der Waals surface area contributed by atoms with Crippen LogP contribution in [0.25, 0.3) is 12.2 Å². The molecule has 0 atom stereocenters. The maximum absolute atomic E-state index is 5.90. The van der Waals surface area contributed by atoms with Crippen LogP contribution in [-0.4, -0.2) is 11.6 Å². The average Bonchev–Trinajstić information content (AvgIpc) is 2.66. The van der Waals surface area contributed by atoms with Crippen molar-refractivity contribution in [2.45, 2.75) is 58.3 Å². The predicted molar refractivity (Wildman–Crippen MR) is 108 cm³/mol. The Bertz CT molecular complexity index is 606. The number of nitrogens with zero attached hydrogens (tertiary/aromatic N) is 1. The van der Waals surface area contributed by atoms with Gasteiger partial charge >= 0.3 is 0 Å². The highest BCUT2D eigenvalue weighted by molar-refractivity contribution is 5.69. The smallest absolute Gasteiger partial charge is 0.119 e. The van der Waals surface area contributed by atoms with Crippen LogP contribution in [-0.2, 0) is 0 Å². The lowest BCUT2D eigenvalue weighted by molar-refractivity contribution is 0.304. The van der Waals surface area contributed by atoms with Crippen molar-refractivity contribution in [3.63, 3.8) is 0 Å². The molecule has 0 radical (unpaired) electrons. The van der Waals surface area contributed by atoms with E-state index in [1.54, 1.807) is 0 Å². The highest BCUT2D eigenvalue weighted by Gasteiger charge is 1.96. The van der Waals surface area contributed by atoms with Gasteiger partial charge in [0.25, 0.3) is 0 Å². The largest absolute Gasteiger partial charge is 0.494 e. The van der Waals surface area contributed by atoms with Crippen molar-refractivity contribution >= 4 is 12.2 Å². The highest BCUT2D eigenvalue weighted by atomic mass is 16.5. The van der Waals surface area contributed by atoms with E-state index < -0.39 is 0 Å². The molecule has 0 amide bonds. The third-order valence-corrected chi connectivity index (χ3v) is 4.30. The lowest BCUT2D eigenvalue weighted by Crippen LogP contribution is -1.97. The first kappa shape index (κ1) is 19.2. The third-order valence-electron chi connectivity index (χ3n) is 4.30. The summed E-state index contributed by atoms with van der Waals surface area (Å²) >= 11 is 0. The van der Waals surface area contributed by atoms with Crippen LogP contribution < -0.4 is 4.74 Å². The summed E-state index contributed by atoms with van der Waals surface area (Å²) in [5.74, 6) is 0.958. The molecule has 2 aromatic rings. The Morgan fingerprint density at radius 3 is 2.24 bits per heavy atom. The minimum Gasteiger partial charge on any atom is -0.494 e. The van der Waals surface area contributed by atoms with Crippen molar-refractivity contribution in [2.75, 3.05) is 6.61 Å². The van der Waals surface area contributed by atoms with Gasteiger partial charge in [-0.15, -0.1) is 0 Å². The zero-order valence-electron chi connectivity index (χ0n) is 15.5. The van der Waals surface area contributed by atoms with Crippen molar-refractivity contribution in [3.05, 3.63) is 59.9 Å². The van der Waals surface area contributed by atoms with Crippen LogP contribution >= 0.6 is 0 Å². The number of hydrogen-bond donors (Lipinski definition) is 0. The van der Waals surface area contributed by atoms with E-state index in [1.165, 1.54) is 44.9 Å². The molecule has 0 bridgehead atoms. The van der Waals surface area contributed by atoms with Crippen molar-refractivity contribution in [1.29, 1.82) is 0 Å². The summed E-state index contributed by atoms with van der Waals surface area (Å²) in [6.45, 7) is 3.08. The third kappa shape index (κ3) is 8.53. The van der Waals surface area contributed by atoms with Crippen molar-refractivity contribution in [1.82, 2.24) is 4.98 Å². The second-order valence-corrected chi connectivity index (χ2v) is 6.51. The van der Waals surface area contributed by atoms with Crippen LogP contribution in [0.5, 0.6) is 5.75 Å². The van der Waals surface area contributed by atoms with Crippen LogP contribution in [0.1, 0.15) is 69.4 Å². The maximum atomic E-state index is 5.90. The van der Waals surface area contributed by atoms with E-state index >= 15 is 0 Å². The van der Waals surface area contributed by atoms with E-state index in [4.69, 9.17) is 4.74 Å². The van der Waals surface area contributed by atoms with Gasteiger partial charge in [0.2, 0.25) is 0 Å². The molecule has 2 rings (SSSR count). The summed E-state index contributed by atoms with van der Waals surface area (Å²) in [7, 11) is 0. The second-order valence-electron chi connectivity index (χ2n) is 6.51. The molecule has 0 aliphatic rings. The Hall–Kier alpha value is -2.09. The Kier molecular flexibility index (Phi) is 9.46. The molecule has 2 heteroatoms. The molecule has 134 valence electrons. The molecule has 0 spiro atoms. The van der Waals surface area contributed by atoms with Crippen molar-refractivity contribution < 1.29 is 4.74 Å². The van der Waals surface area contributed by atoms with E-state index in [0.29, 0.717) is 0 Å². The quantitative estimate of drug-likeness (QED) is 0.399. The second kappa shape index (κ2) is 12.3. The summed E-state index contributed by atoms with van der Waals surface area (Å²) in [5.41, 5.74) is 2.31. The zero-order chi connectivity index (χ0) is 17.6. The van der Waals surface area contributed by atoms with Gasteiger partial charge in [-0.2, -0.15) is 0 Å². The lowest BCUT2D eigenvalue weighted by Gasteiger charge is -2.07. The summed E-state index contributed by atoms with van der Waals surface area (Å²) in [4.78, 5) is 4.03. The number of aromatic nitrogens is 1. The first-order chi connectivity index (χ1) is 12.4. The van der Waals surface area contributed by atoms with Gasteiger partial charge in [0.05, 0.1) is 6.61 Å². The summed E-state index contributed by atoms with van der Waals surface area (Å²) in [6, 6.07) is 12.3. The van der Waals surface area contributed by atoms with E-state index in [2.05, 4.69) is 42.3 Å². The van der Waals surface area contributed by atoms with Gasteiger partial charge in [-0.1, -0.05) is 76.2 Å². The topological polar surface area (TPSA) is 22.1 Å². The van der Waals surface area contributed by atoms with Crippen LogP contribution in [0.3, 0.4) is 0 Å². The number of hydrogen-bond acceptors (Lipinski definition) is 2. The molecule has 25 heavy (non-hydrogen) atoms. The summed E-state index contributed by atoms with van der Waals surface area (Å²) in [6.07, 6.45) is 18.4. The van der Waals surface area contributed by atoms with Gasteiger partial charge in [0.15, 0.2) is 0 Å². The molecule has 0 aliphatic carbocycles. The van der Waals surface area contributed by atoms with Gasteiger partial charge in [-0.05, 0) is 41.8 Å². The molecule has 0 fully saturated rings. The summed E-state index contributed by atoms with van der Waals surface area (Å²) < 4.78 is 5.90. The first-order valence-corrected chi connectivity index (χ1v) is 9.69. The molecule has 2 nitrogen and oxygen atoms in total. The highest BCUT2D eigenvalue weighted by Crippen LogP contribution is 2.16. The standard InChI is InChI=1S/C23H31NO/c1-2-3-4-5-6-7-8-9-19-25-23-12-10-11-22(20-23)14-13-21-15-17-24-18-16-21/h10-18,20H,2-9,19H2,1H3/b14-13+. The molecule has 0 unspecified atom stereocenters. The average molecular weight is 338 g/mol. The fourth-order valence-corrected chi connectivity index (χ4v) is 2.80. The first-order valence-electron chi connectivity index (χ1n) is 9.69. The minimum atomic E-state index is 0.812. The monoisotopic (exact) mass is 337 g/mol. The molecule has 1 aromatic heterocycles. The van der Waals surface area contributed by atoms with E-state index in [1.807, 2.05) is 30.6 Å². The van der Waals surface area contributed by atoms with Crippen molar-refractivity contribution in [3.8, 4) is 5.75 Å². The van der Waals surface area contributed by atoms with Crippen LogP contribution in [0.2, 0.25) is 0 Å². The van der Waals surface area contributed by atoms with E-state index in [0.717, 1.165) is 29.9 Å². The van der Waals surface area contributed by atoms with Gasteiger partial charge in [0, 0.05) is 12.4 Å². The lowest BCUT2D eigenvalue weighted by atomic mass is 10.1. The summed E-state index contributed by atoms with van der Waals surface area (Å²) in [5, 5.41) is 0. The number of benzene rings is 1. The van der Waals surface area contributed by atoms with Gasteiger partial charge < -0.3 is 4.74 Å². The maximum Gasteiger partial charge on any atom is 0.119 e. The Labute approximate surface area is 153 Å². The van der Waals surface area contributed by atoms with Gasteiger partial charge in [0.1, 0.15) is 5.75 Å². The van der Waals surface area contributed by atoms with E-state index in [-0.39, 0.29) is 0 Å². The molecule has 1 heterocycles. The fourth-order valence-electron chi connectivity index (χ4n) is 2.80. The van der Waals surface area contributed by atoms with Crippen LogP contribution in [0.4, 0.5) is 0 Å². The fraction of sp³-hybridized carbons (Fsp3) is 0.435. The molecular formula is C23H31NO. The molecular weight excluding hydrogens is 306 g/mol. The van der Waals surface area contributed by atoms with Crippen molar-refractivity contribution in [2.24, 2.45) is 0 Å². The molecule has 0 saturated carbocycles. The molecule has 1 aromatic carbocycles. The predicted octanol–water partition coefficient (Wildman–Crippen LogP) is 6.77. The van der Waals surface area contributed by atoms with Gasteiger partial charge in [-0.25, -0.2) is 0 Å². The Morgan fingerprint density at radius 1 is 0.800 bits per heavy atom. The SMILES string of the molecule is CCCCCCCCCCOc1cccc(/C=C/c2ccncc2)c1. The Balaban J connectivity index is 1.65. The van der Waals surface area contributed by atoms with Crippen LogP contribution in [0.15, 0.2) is 48.8 Å². The Morgan fingerprint density at radius 2 is 1.48 bits per heavy atom. The minimum absolute atomic E-state index is 0.812. The van der Waals surface area contributed by atoms with Crippen LogP contribution in [0, 0.1) is 0 Å². The van der Waals surface area contributed by atoms with Gasteiger partial charge in [-0.3, -0.25) is 4.98 Å².